The summed E-state index contributed by atoms with van der Waals surface area (Å²) in [4.78, 5) is 39.2. The number of hydrogen-bond donors (Lipinski definition) is 2. The summed E-state index contributed by atoms with van der Waals surface area (Å²) in [7, 11) is 0. The number of aromatic amines is 1. The molecule has 1 aliphatic carbocycles. The predicted molar refractivity (Wildman–Crippen MR) is 117 cm³/mol. The van der Waals surface area contributed by atoms with E-state index in [0.717, 1.165) is 49.6 Å². The molecule has 0 bridgehead atoms. The highest BCUT2D eigenvalue weighted by atomic mass is 32.2. The van der Waals surface area contributed by atoms with Crippen LogP contribution in [0, 0.1) is 0 Å². The van der Waals surface area contributed by atoms with Gasteiger partial charge in [-0.1, -0.05) is 37.2 Å². The summed E-state index contributed by atoms with van der Waals surface area (Å²) >= 11 is 1.10. The maximum absolute atomic E-state index is 12.8. The van der Waals surface area contributed by atoms with Crippen molar-refractivity contribution in [3.63, 3.8) is 0 Å². The van der Waals surface area contributed by atoms with E-state index in [1.165, 1.54) is 10.1 Å². The minimum absolute atomic E-state index is 0.0591. The topological polar surface area (TPSA) is 142 Å². The van der Waals surface area contributed by atoms with E-state index in [9.17, 15) is 14.4 Å². The molecule has 0 aliphatic heterocycles. The van der Waals surface area contributed by atoms with Crippen LogP contribution in [0.25, 0.3) is 5.69 Å². The van der Waals surface area contributed by atoms with Gasteiger partial charge in [-0.25, -0.2) is 4.79 Å². The van der Waals surface area contributed by atoms with E-state index < -0.39 is 17.0 Å². The average Bonchev–Trinajstić information content (AvgIpc) is 3.46. The Balaban J connectivity index is 1.51. The lowest BCUT2D eigenvalue weighted by molar-refractivity contribution is 0.102. The molecule has 1 aliphatic rings. The van der Waals surface area contributed by atoms with Gasteiger partial charge in [0.1, 0.15) is 11.4 Å². The number of anilines is 1. The van der Waals surface area contributed by atoms with Crippen LogP contribution in [0.3, 0.4) is 0 Å². The molecule has 0 amide bonds. The molecule has 31 heavy (non-hydrogen) atoms. The fourth-order valence-corrected chi connectivity index (χ4v) is 4.11. The number of nitrogens with two attached hydrogens (primary N) is 1. The van der Waals surface area contributed by atoms with Gasteiger partial charge in [0.2, 0.25) is 5.16 Å². The molecule has 0 radical (unpaired) electrons. The first-order valence-corrected chi connectivity index (χ1v) is 11.2. The van der Waals surface area contributed by atoms with Gasteiger partial charge in [-0.2, -0.15) is 4.68 Å². The van der Waals surface area contributed by atoms with Crippen LogP contribution >= 0.6 is 11.8 Å². The maximum Gasteiger partial charge on any atom is 0.330 e. The second-order valence-electron chi connectivity index (χ2n) is 7.48. The molecule has 1 saturated carbocycles. The monoisotopic (exact) mass is 441 g/mol. The maximum atomic E-state index is 12.8. The largest absolute Gasteiger partial charge is 0.384 e. The van der Waals surface area contributed by atoms with E-state index in [-0.39, 0.29) is 23.2 Å². The Kier molecular flexibility index (Phi) is 6.03. The molecule has 0 unspecified atom stereocenters. The van der Waals surface area contributed by atoms with E-state index in [4.69, 9.17) is 5.73 Å². The molecule has 11 heteroatoms. The van der Waals surface area contributed by atoms with Crippen LogP contribution in [0.4, 0.5) is 5.82 Å². The van der Waals surface area contributed by atoms with Crippen LogP contribution in [0.2, 0.25) is 0 Å². The van der Waals surface area contributed by atoms with Gasteiger partial charge in [0, 0.05) is 6.04 Å². The van der Waals surface area contributed by atoms with Crippen molar-refractivity contribution < 1.29 is 4.79 Å². The molecule has 162 valence electrons. The zero-order chi connectivity index (χ0) is 22.0. The molecule has 3 N–H and O–H groups in total. The highest BCUT2D eigenvalue weighted by Gasteiger charge is 2.30. The molecular weight excluding hydrogens is 418 g/mol. The summed E-state index contributed by atoms with van der Waals surface area (Å²) in [6.07, 6.45) is 4.87. The van der Waals surface area contributed by atoms with E-state index in [1.54, 1.807) is 4.68 Å². The van der Waals surface area contributed by atoms with E-state index in [0.29, 0.717) is 5.16 Å². The third-order valence-corrected chi connectivity index (χ3v) is 6.07. The Labute approximate surface area is 181 Å². The van der Waals surface area contributed by atoms with Crippen molar-refractivity contribution in [2.24, 2.45) is 0 Å². The van der Waals surface area contributed by atoms with Crippen molar-refractivity contribution in [1.29, 1.82) is 0 Å². The number of nitrogen functional groups attached to an aromatic ring is 1. The molecule has 2 heterocycles. The minimum Gasteiger partial charge on any atom is -0.384 e. The summed E-state index contributed by atoms with van der Waals surface area (Å²) in [6.45, 7) is 2.15. The number of H-pyrrole nitrogens is 1. The van der Waals surface area contributed by atoms with E-state index in [2.05, 4.69) is 27.4 Å². The van der Waals surface area contributed by atoms with Gasteiger partial charge in [0.25, 0.3) is 5.56 Å². The molecular formula is C20H23N7O3S. The lowest BCUT2D eigenvalue weighted by Gasteiger charge is -2.11. The first-order valence-electron chi connectivity index (χ1n) is 10.2. The third kappa shape index (κ3) is 4.46. The number of carbonyl (C=O) groups is 1. The molecule has 4 rings (SSSR count). The Morgan fingerprint density at radius 3 is 2.68 bits per heavy atom. The van der Waals surface area contributed by atoms with E-state index in [1.807, 2.05) is 24.3 Å². The number of thioether (sulfide) groups is 1. The van der Waals surface area contributed by atoms with Crippen molar-refractivity contribution in [3.8, 4) is 5.69 Å². The number of carbonyl (C=O) groups excluding carboxylic acids is 1. The highest BCUT2D eigenvalue weighted by Crippen LogP contribution is 2.35. The predicted octanol–water partition coefficient (Wildman–Crippen LogP) is 1.75. The van der Waals surface area contributed by atoms with Gasteiger partial charge in [-0.3, -0.25) is 19.1 Å². The average molecular weight is 442 g/mol. The normalized spacial score (nSPS) is 13.5. The van der Waals surface area contributed by atoms with Gasteiger partial charge >= 0.3 is 5.69 Å². The Morgan fingerprint density at radius 2 is 2.00 bits per heavy atom. The van der Waals surface area contributed by atoms with Crippen molar-refractivity contribution in [2.75, 3.05) is 11.5 Å². The second kappa shape index (κ2) is 8.88. The Bertz CT molecular complexity index is 1210. The summed E-state index contributed by atoms with van der Waals surface area (Å²) in [6, 6.07) is 7.88. The molecule has 1 fully saturated rings. The summed E-state index contributed by atoms with van der Waals surface area (Å²) in [5.74, 6) is -0.655. The number of tetrazole rings is 1. The number of hydrogen-bond acceptors (Lipinski definition) is 8. The SMILES string of the molecule is CCCCc1ccc(-n2nnnc2SCC(=O)c2c(N)n(C3CC3)c(=O)[nH]c2=O)cc1. The van der Waals surface area contributed by atoms with Gasteiger partial charge in [-0.15, -0.1) is 5.10 Å². The number of ketones is 1. The van der Waals surface area contributed by atoms with Crippen LogP contribution in [0.15, 0.2) is 39.0 Å². The lowest BCUT2D eigenvalue weighted by atomic mass is 10.1. The van der Waals surface area contributed by atoms with Crippen LogP contribution in [-0.2, 0) is 6.42 Å². The fourth-order valence-electron chi connectivity index (χ4n) is 3.35. The van der Waals surface area contributed by atoms with Crippen LogP contribution in [-0.4, -0.2) is 41.3 Å². The quantitative estimate of drug-likeness (QED) is 0.378. The number of nitrogens with zero attached hydrogens (tertiary/aromatic N) is 5. The van der Waals surface area contributed by atoms with Gasteiger partial charge in [0.15, 0.2) is 5.78 Å². The third-order valence-electron chi connectivity index (χ3n) is 5.15. The van der Waals surface area contributed by atoms with Crippen LogP contribution in [0.5, 0.6) is 0 Å². The second-order valence-corrected chi connectivity index (χ2v) is 8.42. The molecule has 0 atom stereocenters. The van der Waals surface area contributed by atoms with Crippen molar-refractivity contribution >= 4 is 23.4 Å². The van der Waals surface area contributed by atoms with Crippen LogP contribution in [0.1, 0.15) is 54.6 Å². The Morgan fingerprint density at radius 1 is 1.26 bits per heavy atom. The number of aromatic nitrogens is 6. The molecule has 3 aromatic rings. The van der Waals surface area contributed by atoms with Gasteiger partial charge in [0.05, 0.1) is 11.4 Å². The number of unbranched alkanes of at least 4 members (excludes halogenated alkanes) is 1. The number of aryl methyl sites for hydroxylation is 1. The Hall–Kier alpha value is -3.21. The molecule has 1 aromatic carbocycles. The minimum atomic E-state index is -0.771. The molecule has 0 saturated heterocycles. The zero-order valence-electron chi connectivity index (χ0n) is 17.1. The highest BCUT2D eigenvalue weighted by molar-refractivity contribution is 7.99. The fraction of sp³-hybridized carbons (Fsp3) is 0.400. The first kappa shape index (κ1) is 21.0. The lowest BCUT2D eigenvalue weighted by Crippen LogP contribution is -2.36. The van der Waals surface area contributed by atoms with Crippen LogP contribution < -0.4 is 17.0 Å². The summed E-state index contributed by atoms with van der Waals surface area (Å²) in [5, 5.41) is 12.1. The van der Waals surface area contributed by atoms with E-state index >= 15 is 0 Å². The van der Waals surface area contributed by atoms with Crippen molar-refractivity contribution in [3.05, 3.63) is 56.2 Å². The first-order chi connectivity index (χ1) is 15.0. The number of rotatable bonds is 9. The molecule has 0 spiro atoms. The number of benzene rings is 1. The molecule has 10 nitrogen and oxygen atoms in total. The van der Waals surface area contributed by atoms with Crippen molar-refractivity contribution in [1.82, 2.24) is 29.8 Å². The summed E-state index contributed by atoms with van der Waals surface area (Å²) < 4.78 is 2.84. The smallest absolute Gasteiger partial charge is 0.330 e. The van der Waals surface area contributed by atoms with Gasteiger partial charge < -0.3 is 5.73 Å². The van der Waals surface area contributed by atoms with Gasteiger partial charge in [-0.05, 0) is 53.8 Å². The summed E-state index contributed by atoms with van der Waals surface area (Å²) in [5.41, 5.74) is 6.48. The van der Waals surface area contributed by atoms with Crippen molar-refractivity contribution in [2.45, 2.75) is 50.2 Å². The standard InChI is InChI=1S/C20H23N7O3S/c1-2-3-4-12-5-7-14(8-6-12)27-20(23-24-25-27)31-11-15(28)16-17(21)26(13-9-10-13)19(30)22-18(16)29/h5-8,13H,2-4,9-11,21H2,1H3,(H,22,29,30). The molecule has 2 aromatic heterocycles. The number of nitrogens with one attached hydrogen (secondary N) is 1. The number of Topliss-reactive ketones (excluding diaryl/α,β-unsaturated/α-hetero) is 1. The zero-order valence-corrected chi connectivity index (χ0v) is 17.9.